The van der Waals surface area contributed by atoms with Crippen LogP contribution in [-0.2, 0) is 6.54 Å². The van der Waals surface area contributed by atoms with E-state index < -0.39 is 0 Å². The van der Waals surface area contributed by atoms with Crippen LogP contribution in [0.3, 0.4) is 0 Å². The van der Waals surface area contributed by atoms with Gasteiger partial charge in [0, 0.05) is 18.9 Å². The van der Waals surface area contributed by atoms with E-state index in [1.165, 1.54) is 0 Å². The monoisotopic (exact) mass is 250 g/mol. The predicted octanol–water partition coefficient (Wildman–Crippen LogP) is 3.02. The normalized spacial score (nSPS) is 10.8. The topological polar surface area (TPSA) is 43.6 Å². The van der Waals surface area contributed by atoms with Crippen molar-refractivity contribution in [2.24, 2.45) is 0 Å². The molecular weight excluding hydrogens is 236 g/mol. The van der Waals surface area contributed by atoms with Crippen molar-refractivity contribution in [3.8, 4) is 11.5 Å². The molecule has 0 aliphatic carbocycles. The van der Waals surface area contributed by atoms with Gasteiger partial charge in [-0.15, -0.1) is 10.2 Å². The average molecular weight is 251 g/mol. The van der Waals surface area contributed by atoms with E-state index in [1.54, 1.807) is 6.20 Å². The van der Waals surface area contributed by atoms with Crippen molar-refractivity contribution >= 4 is 11.6 Å². The lowest BCUT2D eigenvalue weighted by atomic mass is 10.1. The average Bonchev–Trinajstić information content (AvgIpc) is 2.75. The maximum absolute atomic E-state index is 5.95. The number of halogens is 1. The minimum absolute atomic E-state index is 0.458. The summed E-state index contributed by atoms with van der Waals surface area (Å²) in [5.74, 6) is 0.858. The van der Waals surface area contributed by atoms with Gasteiger partial charge < -0.3 is 4.57 Å². The molecule has 0 fully saturated rings. The molecule has 4 nitrogen and oxygen atoms in total. The van der Waals surface area contributed by atoms with E-state index in [4.69, 9.17) is 11.6 Å². The highest BCUT2D eigenvalue weighted by Crippen LogP contribution is 2.24. The number of nitrogens with zero attached hydrogens (tertiary/aromatic N) is 4. The fraction of sp³-hybridized carbons (Fsp3) is 0.417. The highest BCUT2D eigenvalue weighted by molar-refractivity contribution is 6.30. The fourth-order valence-corrected chi connectivity index (χ4v) is 1.92. The van der Waals surface area contributed by atoms with Crippen LogP contribution < -0.4 is 0 Å². The molecule has 2 aromatic heterocycles. The Kier molecular flexibility index (Phi) is 3.43. The summed E-state index contributed by atoms with van der Waals surface area (Å²) >= 11 is 5.95. The van der Waals surface area contributed by atoms with Crippen LogP contribution in [0.15, 0.2) is 12.4 Å². The number of hydrogen-bond acceptors (Lipinski definition) is 3. The first-order chi connectivity index (χ1) is 8.15. The molecule has 0 spiro atoms. The molecule has 0 saturated carbocycles. The molecule has 0 amide bonds. The van der Waals surface area contributed by atoms with Crippen LogP contribution in [-0.4, -0.2) is 19.7 Å². The van der Waals surface area contributed by atoms with Crippen molar-refractivity contribution in [2.45, 2.75) is 33.7 Å². The largest absolute Gasteiger partial charge is 0.330 e. The molecule has 0 aliphatic rings. The van der Waals surface area contributed by atoms with Crippen LogP contribution in [0, 0.1) is 13.8 Å². The van der Waals surface area contributed by atoms with Crippen molar-refractivity contribution in [3.05, 3.63) is 28.7 Å². The lowest BCUT2D eigenvalue weighted by Crippen LogP contribution is -2.04. The Morgan fingerprint density at radius 1 is 1.24 bits per heavy atom. The molecule has 5 heteroatoms. The molecule has 0 atom stereocenters. The zero-order valence-corrected chi connectivity index (χ0v) is 11.0. The standard InChI is InChI=1S/C12H15ClN4/c1-4-6-17-7-5-14-12(17)10-8(2)9(3)11(13)16-15-10/h5,7H,4,6H2,1-3H3. The lowest BCUT2D eigenvalue weighted by molar-refractivity contribution is 0.682. The summed E-state index contributed by atoms with van der Waals surface area (Å²) in [6.45, 7) is 7.01. The molecule has 90 valence electrons. The summed E-state index contributed by atoms with van der Waals surface area (Å²) < 4.78 is 2.09. The second-order valence-electron chi connectivity index (χ2n) is 4.03. The second kappa shape index (κ2) is 4.84. The van der Waals surface area contributed by atoms with Gasteiger partial charge in [-0.3, -0.25) is 0 Å². The molecule has 0 aromatic carbocycles. The first-order valence-electron chi connectivity index (χ1n) is 5.66. The molecule has 2 aromatic rings. The third kappa shape index (κ3) is 2.17. The van der Waals surface area contributed by atoms with Crippen LogP contribution >= 0.6 is 11.6 Å². The Labute approximate surface area is 106 Å². The molecule has 17 heavy (non-hydrogen) atoms. The van der Waals surface area contributed by atoms with E-state index in [1.807, 2.05) is 20.0 Å². The first kappa shape index (κ1) is 12.0. The highest BCUT2D eigenvalue weighted by atomic mass is 35.5. The quantitative estimate of drug-likeness (QED) is 0.841. The van der Waals surface area contributed by atoms with Crippen LogP contribution in [0.2, 0.25) is 5.15 Å². The Morgan fingerprint density at radius 3 is 2.71 bits per heavy atom. The minimum atomic E-state index is 0.458. The van der Waals surface area contributed by atoms with Gasteiger partial charge in [-0.2, -0.15) is 0 Å². The van der Waals surface area contributed by atoms with Gasteiger partial charge in [-0.1, -0.05) is 18.5 Å². The third-order valence-electron chi connectivity index (χ3n) is 2.86. The predicted molar refractivity (Wildman–Crippen MR) is 68.0 cm³/mol. The van der Waals surface area contributed by atoms with Crippen LogP contribution in [0.25, 0.3) is 11.5 Å². The molecular formula is C12H15ClN4. The molecule has 0 unspecified atom stereocenters. The highest BCUT2D eigenvalue weighted by Gasteiger charge is 2.14. The van der Waals surface area contributed by atoms with E-state index in [9.17, 15) is 0 Å². The lowest BCUT2D eigenvalue weighted by Gasteiger charge is -2.09. The van der Waals surface area contributed by atoms with Gasteiger partial charge in [0.1, 0.15) is 5.69 Å². The summed E-state index contributed by atoms with van der Waals surface area (Å²) in [7, 11) is 0. The van der Waals surface area contributed by atoms with Gasteiger partial charge in [-0.25, -0.2) is 4.98 Å². The zero-order valence-electron chi connectivity index (χ0n) is 10.2. The second-order valence-corrected chi connectivity index (χ2v) is 4.39. The molecule has 2 rings (SSSR count). The van der Waals surface area contributed by atoms with Crippen LogP contribution in [0.4, 0.5) is 0 Å². The van der Waals surface area contributed by atoms with Gasteiger partial charge in [0.05, 0.1) is 0 Å². The molecule has 0 aliphatic heterocycles. The SMILES string of the molecule is CCCn1ccnc1-c1nnc(Cl)c(C)c1C. The summed E-state index contributed by atoms with van der Waals surface area (Å²) in [5, 5.41) is 8.58. The third-order valence-corrected chi connectivity index (χ3v) is 3.22. The number of aryl methyl sites for hydroxylation is 1. The van der Waals surface area contributed by atoms with Gasteiger partial charge in [-0.05, 0) is 31.4 Å². The van der Waals surface area contributed by atoms with Gasteiger partial charge >= 0.3 is 0 Å². The molecule has 0 radical (unpaired) electrons. The maximum atomic E-state index is 5.95. The van der Waals surface area contributed by atoms with Gasteiger partial charge in [0.2, 0.25) is 0 Å². The van der Waals surface area contributed by atoms with E-state index in [-0.39, 0.29) is 0 Å². The van der Waals surface area contributed by atoms with E-state index in [0.29, 0.717) is 5.15 Å². The number of aromatic nitrogens is 4. The summed E-state index contributed by atoms with van der Waals surface area (Å²) in [4.78, 5) is 4.35. The molecule has 0 N–H and O–H groups in total. The Bertz CT molecular complexity index is 533. The van der Waals surface area contributed by atoms with E-state index in [2.05, 4.69) is 26.7 Å². The summed E-state index contributed by atoms with van der Waals surface area (Å²) in [6, 6.07) is 0. The molecule has 0 bridgehead atoms. The van der Waals surface area contributed by atoms with Crippen molar-refractivity contribution in [2.75, 3.05) is 0 Å². The van der Waals surface area contributed by atoms with Gasteiger partial charge in [0.25, 0.3) is 0 Å². The molecule has 0 saturated heterocycles. The summed E-state index contributed by atoms with van der Waals surface area (Å²) in [6.07, 6.45) is 4.81. The smallest absolute Gasteiger partial charge is 0.160 e. The van der Waals surface area contributed by atoms with Crippen LogP contribution in [0.1, 0.15) is 24.5 Å². The summed E-state index contributed by atoms with van der Waals surface area (Å²) in [5.41, 5.74) is 2.81. The van der Waals surface area contributed by atoms with Crippen molar-refractivity contribution in [1.29, 1.82) is 0 Å². The van der Waals surface area contributed by atoms with Gasteiger partial charge in [0.15, 0.2) is 11.0 Å². The Morgan fingerprint density at radius 2 is 2.00 bits per heavy atom. The number of rotatable bonds is 3. The number of hydrogen-bond donors (Lipinski definition) is 0. The van der Waals surface area contributed by atoms with Crippen molar-refractivity contribution < 1.29 is 0 Å². The maximum Gasteiger partial charge on any atom is 0.160 e. The zero-order chi connectivity index (χ0) is 12.4. The number of imidazole rings is 1. The Balaban J connectivity index is 2.53. The van der Waals surface area contributed by atoms with Crippen molar-refractivity contribution in [3.63, 3.8) is 0 Å². The van der Waals surface area contributed by atoms with E-state index in [0.717, 1.165) is 35.6 Å². The van der Waals surface area contributed by atoms with Crippen LogP contribution in [0.5, 0.6) is 0 Å². The minimum Gasteiger partial charge on any atom is -0.330 e. The van der Waals surface area contributed by atoms with E-state index >= 15 is 0 Å². The first-order valence-corrected chi connectivity index (χ1v) is 6.03. The Hall–Kier alpha value is -1.42. The van der Waals surface area contributed by atoms with Crippen molar-refractivity contribution in [1.82, 2.24) is 19.7 Å². The fourth-order valence-electron chi connectivity index (χ4n) is 1.74. The molecule has 2 heterocycles.